The number of nitrogens with zero attached hydrogens (tertiary/aromatic N) is 2. The van der Waals surface area contributed by atoms with Gasteiger partial charge in [-0.2, -0.15) is 4.72 Å². The molecule has 0 aliphatic rings. The molecule has 4 aromatic rings. The summed E-state index contributed by atoms with van der Waals surface area (Å²) in [5.74, 6) is -5.00. The largest absolute Gasteiger partial charge is 0.449 e. The number of nitrogens with one attached hydrogen (secondary N) is 1. The molecule has 226 valence electrons. The number of esters is 2. The van der Waals surface area contributed by atoms with Crippen LogP contribution in [0.5, 0.6) is 0 Å². The number of carbonyl (C=O) groups excluding carboxylic acids is 3. The van der Waals surface area contributed by atoms with Crippen molar-refractivity contribution >= 4 is 50.4 Å². The molecule has 14 heteroatoms. The molecule has 2 aromatic heterocycles. The first-order chi connectivity index (χ1) is 20.3. The zero-order valence-corrected chi connectivity index (χ0v) is 24.8. The summed E-state index contributed by atoms with van der Waals surface area (Å²) in [6.07, 6.45) is 2.63. The quantitative estimate of drug-likeness (QED) is 0.134. The van der Waals surface area contributed by atoms with E-state index >= 15 is 8.78 Å². The number of benzene rings is 2. The molecular formula is C29H26ClF2N3O7S. The molecule has 4 rings (SSSR count). The molecule has 0 saturated heterocycles. The van der Waals surface area contributed by atoms with Gasteiger partial charge < -0.3 is 9.47 Å². The van der Waals surface area contributed by atoms with Gasteiger partial charge in [0.05, 0.1) is 11.1 Å². The van der Waals surface area contributed by atoms with Crippen LogP contribution < -0.4 is 4.72 Å². The van der Waals surface area contributed by atoms with Crippen molar-refractivity contribution in [1.29, 1.82) is 0 Å². The summed E-state index contributed by atoms with van der Waals surface area (Å²) in [5.41, 5.74) is -0.135. The Morgan fingerprint density at radius 1 is 1.02 bits per heavy atom. The van der Waals surface area contributed by atoms with Crippen LogP contribution in [0.25, 0.3) is 22.2 Å². The highest BCUT2D eigenvalue weighted by atomic mass is 35.5. The zero-order valence-electron chi connectivity index (χ0n) is 23.2. The fourth-order valence-corrected chi connectivity index (χ4v) is 6.00. The number of pyridine rings is 1. The van der Waals surface area contributed by atoms with Crippen molar-refractivity contribution in [2.45, 2.75) is 39.2 Å². The second kappa shape index (κ2) is 13.0. The van der Waals surface area contributed by atoms with E-state index in [4.69, 9.17) is 16.3 Å². The number of ketones is 1. The number of hydrogen-bond donors (Lipinski definition) is 1. The Labute approximate surface area is 250 Å². The van der Waals surface area contributed by atoms with E-state index in [0.29, 0.717) is 16.1 Å². The minimum atomic E-state index is -4.32. The van der Waals surface area contributed by atoms with E-state index in [-0.39, 0.29) is 29.7 Å². The zero-order chi connectivity index (χ0) is 31.5. The van der Waals surface area contributed by atoms with E-state index in [1.165, 1.54) is 30.8 Å². The number of aromatic nitrogens is 2. The fourth-order valence-electron chi connectivity index (χ4n) is 4.49. The van der Waals surface area contributed by atoms with Gasteiger partial charge in [0.25, 0.3) is 0 Å². The van der Waals surface area contributed by atoms with Crippen LogP contribution >= 0.6 is 11.6 Å². The monoisotopic (exact) mass is 633 g/mol. The Kier molecular flexibility index (Phi) is 9.58. The fraction of sp³-hybridized carbons (Fsp3) is 0.241. The van der Waals surface area contributed by atoms with Gasteiger partial charge in [-0.3, -0.25) is 19.0 Å². The van der Waals surface area contributed by atoms with Crippen molar-refractivity contribution in [1.82, 2.24) is 14.3 Å². The van der Waals surface area contributed by atoms with Crippen LogP contribution in [0.2, 0.25) is 5.02 Å². The van der Waals surface area contributed by atoms with Crippen molar-refractivity contribution in [3.63, 3.8) is 0 Å². The molecule has 0 amide bonds. The number of hydrogen-bond acceptors (Lipinski definition) is 8. The predicted molar refractivity (Wildman–Crippen MR) is 153 cm³/mol. The molecule has 1 atom stereocenters. The van der Waals surface area contributed by atoms with Crippen molar-refractivity contribution in [3.8, 4) is 11.1 Å². The van der Waals surface area contributed by atoms with E-state index in [1.54, 1.807) is 30.3 Å². The molecule has 2 heterocycles. The van der Waals surface area contributed by atoms with Gasteiger partial charge in [-0.05, 0) is 36.2 Å². The molecule has 2 aromatic carbocycles. The number of ether oxygens (including phenoxy) is 2. The second-order valence-electron chi connectivity index (χ2n) is 9.40. The third kappa shape index (κ3) is 6.90. The van der Waals surface area contributed by atoms with E-state index < -0.39 is 62.5 Å². The molecular weight excluding hydrogens is 608 g/mol. The first-order valence-electron chi connectivity index (χ1n) is 12.9. The maximum Gasteiger partial charge on any atom is 0.304 e. The normalized spacial score (nSPS) is 12.2. The lowest BCUT2D eigenvalue weighted by atomic mass is 9.97. The lowest BCUT2D eigenvalue weighted by Gasteiger charge is -2.19. The summed E-state index contributed by atoms with van der Waals surface area (Å²) in [6, 6.07) is 10.1. The summed E-state index contributed by atoms with van der Waals surface area (Å²) in [5, 5.41) is -0.837. The molecule has 10 nitrogen and oxygen atoms in total. The molecule has 0 bridgehead atoms. The average Bonchev–Trinajstić information content (AvgIpc) is 3.31. The SMILES string of the molecule is CCC(c1ccc(F)c(C(=O)c2cn(COC(C)=O)c3ncc(-c4ccc(Cl)cc4)cc23)c1F)S(=O)(=O)NCOC(C)=O. The standard InChI is InChI=1S/C29H26ClF2N3O7S/c1-4-25(43(39,40)34-14-41-16(2)36)21-9-10-24(31)26(27(21)32)28(38)23-13-35(15-42-17(3)37)29-22(23)11-19(12-33-29)18-5-7-20(30)8-6-18/h5-13,25,34H,4,14-15H2,1-3H3. The highest BCUT2D eigenvalue weighted by molar-refractivity contribution is 7.89. The molecule has 0 spiro atoms. The van der Waals surface area contributed by atoms with Crippen LogP contribution in [0.1, 0.15) is 53.9 Å². The summed E-state index contributed by atoms with van der Waals surface area (Å²) in [6.45, 7) is 2.72. The van der Waals surface area contributed by atoms with Crippen molar-refractivity contribution in [2.75, 3.05) is 6.73 Å². The highest BCUT2D eigenvalue weighted by Gasteiger charge is 2.33. The van der Waals surface area contributed by atoms with Crippen LogP contribution in [0, 0.1) is 11.6 Å². The molecule has 0 aliphatic heterocycles. The lowest BCUT2D eigenvalue weighted by molar-refractivity contribution is -0.144. The number of rotatable bonds is 11. The van der Waals surface area contributed by atoms with Gasteiger partial charge in [-0.1, -0.05) is 36.7 Å². The molecule has 1 N–H and O–H groups in total. The average molecular weight is 634 g/mol. The van der Waals surface area contributed by atoms with E-state index in [2.05, 4.69) is 14.4 Å². The summed E-state index contributed by atoms with van der Waals surface area (Å²) in [4.78, 5) is 40.8. The Bertz CT molecular complexity index is 1830. The first-order valence-corrected chi connectivity index (χ1v) is 14.8. The van der Waals surface area contributed by atoms with Gasteiger partial charge in [0.2, 0.25) is 15.8 Å². The van der Waals surface area contributed by atoms with E-state index in [9.17, 15) is 22.8 Å². The Hall–Kier alpha value is -4.20. The van der Waals surface area contributed by atoms with E-state index in [1.807, 2.05) is 0 Å². The van der Waals surface area contributed by atoms with E-state index in [0.717, 1.165) is 19.1 Å². The van der Waals surface area contributed by atoms with Gasteiger partial charge in [0.1, 0.15) is 22.5 Å². The van der Waals surface area contributed by atoms with Crippen LogP contribution in [-0.4, -0.2) is 42.4 Å². The highest BCUT2D eigenvalue weighted by Crippen LogP contribution is 2.33. The molecule has 0 aliphatic carbocycles. The number of halogens is 3. The smallest absolute Gasteiger partial charge is 0.304 e. The minimum Gasteiger partial charge on any atom is -0.449 e. The Morgan fingerprint density at radius 2 is 1.70 bits per heavy atom. The van der Waals surface area contributed by atoms with Crippen molar-refractivity contribution < 1.29 is 41.1 Å². The maximum atomic E-state index is 16.0. The second-order valence-corrected chi connectivity index (χ2v) is 11.8. The third-order valence-electron chi connectivity index (χ3n) is 6.52. The summed E-state index contributed by atoms with van der Waals surface area (Å²) < 4.78 is 70.1. The van der Waals surface area contributed by atoms with Gasteiger partial charge in [-0.25, -0.2) is 22.2 Å². The Morgan fingerprint density at radius 3 is 2.33 bits per heavy atom. The molecule has 0 fully saturated rings. The summed E-state index contributed by atoms with van der Waals surface area (Å²) in [7, 11) is -4.32. The number of carbonyl (C=O) groups is 3. The first kappa shape index (κ1) is 31.7. The number of sulfonamides is 1. The topological polar surface area (TPSA) is 134 Å². The lowest BCUT2D eigenvalue weighted by Crippen LogP contribution is -2.32. The molecule has 43 heavy (non-hydrogen) atoms. The van der Waals surface area contributed by atoms with Gasteiger partial charge in [0.15, 0.2) is 13.5 Å². The molecule has 1 unspecified atom stereocenters. The summed E-state index contributed by atoms with van der Waals surface area (Å²) >= 11 is 6.00. The maximum absolute atomic E-state index is 16.0. The van der Waals surface area contributed by atoms with Gasteiger partial charge in [-0.15, -0.1) is 0 Å². The Balaban J connectivity index is 1.83. The van der Waals surface area contributed by atoms with Gasteiger partial charge in [0, 0.05) is 47.8 Å². The van der Waals surface area contributed by atoms with Crippen LogP contribution in [-0.2, 0) is 35.8 Å². The van der Waals surface area contributed by atoms with Crippen molar-refractivity contribution in [3.05, 3.63) is 88.2 Å². The minimum absolute atomic E-state index is 0.151. The third-order valence-corrected chi connectivity index (χ3v) is 8.63. The van der Waals surface area contributed by atoms with Crippen LogP contribution in [0.3, 0.4) is 0 Å². The van der Waals surface area contributed by atoms with Gasteiger partial charge >= 0.3 is 11.9 Å². The molecule has 0 radical (unpaired) electrons. The van der Waals surface area contributed by atoms with Crippen LogP contribution in [0.15, 0.2) is 54.9 Å². The number of fused-ring (bicyclic) bond motifs is 1. The molecule has 0 saturated carbocycles. The predicted octanol–water partition coefficient (Wildman–Crippen LogP) is 5.28. The van der Waals surface area contributed by atoms with Crippen LogP contribution in [0.4, 0.5) is 8.78 Å². The van der Waals surface area contributed by atoms with Crippen molar-refractivity contribution in [2.24, 2.45) is 0 Å².